The molecule has 22 heavy (non-hydrogen) atoms. The van der Waals surface area contributed by atoms with Crippen molar-refractivity contribution in [2.75, 3.05) is 18.5 Å². The minimum absolute atomic E-state index is 0.126. The molecule has 116 valence electrons. The third-order valence-electron chi connectivity index (χ3n) is 3.93. The topological polar surface area (TPSA) is 47.0 Å². The molecule has 0 unspecified atom stereocenters. The van der Waals surface area contributed by atoms with Crippen LogP contribution < -0.4 is 5.32 Å². The Balaban J connectivity index is 1.89. The van der Waals surface area contributed by atoms with Gasteiger partial charge in [0, 0.05) is 28.9 Å². The number of aromatic nitrogens is 2. The molecule has 1 aromatic carbocycles. The molecule has 1 N–H and O–H groups in total. The SMILES string of the molecule is Cc1cc(C)nc(N[C@H](c2ccc(Cl)cc2)[C@H]2CCOC2)n1. The Kier molecular flexibility index (Phi) is 4.60. The van der Waals surface area contributed by atoms with E-state index in [0.717, 1.165) is 36.0 Å². The van der Waals surface area contributed by atoms with Gasteiger partial charge in [-0.2, -0.15) is 0 Å². The average Bonchev–Trinajstić information content (AvgIpc) is 2.99. The molecule has 0 saturated carbocycles. The van der Waals surface area contributed by atoms with E-state index in [4.69, 9.17) is 16.3 Å². The normalized spacial score (nSPS) is 19.1. The molecular formula is C17H20ClN3O. The minimum Gasteiger partial charge on any atom is -0.381 e. The van der Waals surface area contributed by atoms with Gasteiger partial charge in [0.25, 0.3) is 0 Å². The molecule has 2 atom stereocenters. The van der Waals surface area contributed by atoms with Gasteiger partial charge in [0.2, 0.25) is 5.95 Å². The smallest absolute Gasteiger partial charge is 0.223 e. The lowest BCUT2D eigenvalue weighted by atomic mass is 9.92. The number of hydrogen-bond donors (Lipinski definition) is 1. The van der Waals surface area contributed by atoms with Gasteiger partial charge in [0.1, 0.15) is 0 Å². The van der Waals surface area contributed by atoms with Crippen LogP contribution in [0, 0.1) is 19.8 Å². The van der Waals surface area contributed by atoms with E-state index in [2.05, 4.69) is 27.4 Å². The summed E-state index contributed by atoms with van der Waals surface area (Å²) in [7, 11) is 0. The highest BCUT2D eigenvalue weighted by Gasteiger charge is 2.27. The first-order valence-electron chi connectivity index (χ1n) is 7.54. The number of ether oxygens (including phenoxy) is 1. The summed E-state index contributed by atoms with van der Waals surface area (Å²) in [4.78, 5) is 9.00. The van der Waals surface area contributed by atoms with Crippen molar-refractivity contribution < 1.29 is 4.74 Å². The van der Waals surface area contributed by atoms with Crippen LogP contribution in [0.25, 0.3) is 0 Å². The van der Waals surface area contributed by atoms with Gasteiger partial charge in [-0.25, -0.2) is 9.97 Å². The van der Waals surface area contributed by atoms with E-state index in [1.807, 2.05) is 32.0 Å². The van der Waals surface area contributed by atoms with Crippen LogP contribution in [0.4, 0.5) is 5.95 Å². The van der Waals surface area contributed by atoms with Crippen LogP contribution >= 0.6 is 11.6 Å². The second kappa shape index (κ2) is 6.63. The summed E-state index contributed by atoms with van der Waals surface area (Å²) in [6, 6.07) is 10.1. The van der Waals surface area contributed by atoms with Crippen molar-refractivity contribution in [2.45, 2.75) is 26.3 Å². The van der Waals surface area contributed by atoms with Gasteiger partial charge in [0.15, 0.2) is 0 Å². The number of nitrogens with zero attached hydrogens (tertiary/aromatic N) is 2. The molecule has 1 fully saturated rings. The zero-order chi connectivity index (χ0) is 15.5. The first-order valence-corrected chi connectivity index (χ1v) is 7.91. The van der Waals surface area contributed by atoms with E-state index in [9.17, 15) is 0 Å². The molecule has 1 aliphatic heterocycles. The van der Waals surface area contributed by atoms with Crippen LogP contribution in [-0.2, 0) is 4.74 Å². The molecule has 3 rings (SSSR count). The first-order chi connectivity index (χ1) is 10.6. The van der Waals surface area contributed by atoms with Crippen molar-refractivity contribution >= 4 is 17.5 Å². The third kappa shape index (κ3) is 3.57. The molecule has 2 aromatic rings. The van der Waals surface area contributed by atoms with Crippen molar-refractivity contribution in [1.82, 2.24) is 9.97 Å². The summed E-state index contributed by atoms with van der Waals surface area (Å²) in [6.45, 7) is 5.53. The summed E-state index contributed by atoms with van der Waals surface area (Å²) in [6.07, 6.45) is 1.03. The van der Waals surface area contributed by atoms with Gasteiger partial charge >= 0.3 is 0 Å². The third-order valence-corrected chi connectivity index (χ3v) is 4.18. The van der Waals surface area contributed by atoms with Gasteiger partial charge in [-0.3, -0.25) is 0 Å². The lowest BCUT2D eigenvalue weighted by Crippen LogP contribution is -2.22. The predicted molar refractivity (Wildman–Crippen MR) is 88.2 cm³/mol. The number of rotatable bonds is 4. The van der Waals surface area contributed by atoms with E-state index in [1.54, 1.807) is 0 Å². The fourth-order valence-electron chi connectivity index (χ4n) is 2.89. The standard InChI is InChI=1S/C17H20ClN3O/c1-11-9-12(2)20-17(19-11)21-16(14-7-8-22-10-14)13-3-5-15(18)6-4-13/h3-6,9,14,16H,7-8,10H2,1-2H3,(H,19,20,21)/t14-,16+/m0/s1. The number of nitrogens with one attached hydrogen (secondary N) is 1. The molecule has 5 heteroatoms. The molecule has 2 heterocycles. The quantitative estimate of drug-likeness (QED) is 0.928. The highest BCUT2D eigenvalue weighted by Crippen LogP contribution is 2.32. The van der Waals surface area contributed by atoms with E-state index in [1.165, 1.54) is 5.56 Å². The summed E-state index contributed by atoms with van der Waals surface area (Å²) in [5, 5.41) is 4.24. The maximum absolute atomic E-state index is 6.01. The zero-order valence-electron chi connectivity index (χ0n) is 12.8. The van der Waals surface area contributed by atoms with Crippen molar-refractivity contribution in [3.05, 3.63) is 52.3 Å². The molecule has 1 saturated heterocycles. The van der Waals surface area contributed by atoms with Crippen molar-refractivity contribution in [3.63, 3.8) is 0 Å². The van der Waals surface area contributed by atoms with Crippen molar-refractivity contribution in [1.29, 1.82) is 0 Å². The molecular weight excluding hydrogens is 298 g/mol. The van der Waals surface area contributed by atoms with Crippen molar-refractivity contribution in [3.8, 4) is 0 Å². The lowest BCUT2D eigenvalue weighted by molar-refractivity contribution is 0.182. The maximum atomic E-state index is 6.01. The fraction of sp³-hybridized carbons (Fsp3) is 0.412. The Morgan fingerprint density at radius 1 is 1.18 bits per heavy atom. The highest BCUT2D eigenvalue weighted by molar-refractivity contribution is 6.30. The first kappa shape index (κ1) is 15.3. The molecule has 0 amide bonds. The second-order valence-electron chi connectivity index (χ2n) is 5.77. The van der Waals surface area contributed by atoms with Crippen LogP contribution in [0.3, 0.4) is 0 Å². The molecule has 1 aliphatic rings. The van der Waals surface area contributed by atoms with Gasteiger partial charge in [-0.05, 0) is 44.0 Å². The van der Waals surface area contributed by atoms with Crippen LogP contribution in [0.2, 0.25) is 5.02 Å². The van der Waals surface area contributed by atoms with Gasteiger partial charge in [0.05, 0.1) is 12.6 Å². The van der Waals surface area contributed by atoms with E-state index in [-0.39, 0.29) is 6.04 Å². The summed E-state index contributed by atoms with van der Waals surface area (Å²) < 4.78 is 5.56. The van der Waals surface area contributed by atoms with Crippen LogP contribution in [0.5, 0.6) is 0 Å². The van der Waals surface area contributed by atoms with E-state index in [0.29, 0.717) is 11.9 Å². The Morgan fingerprint density at radius 2 is 1.86 bits per heavy atom. The van der Waals surface area contributed by atoms with Gasteiger partial charge in [-0.1, -0.05) is 23.7 Å². The summed E-state index contributed by atoms with van der Waals surface area (Å²) >= 11 is 6.01. The number of aryl methyl sites for hydroxylation is 2. The van der Waals surface area contributed by atoms with Crippen LogP contribution in [0.1, 0.15) is 29.4 Å². The number of anilines is 1. The number of benzene rings is 1. The monoisotopic (exact) mass is 317 g/mol. The molecule has 0 spiro atoms. The summed E-state index contributed by atoms with van der Waals surface area (Å²) in [5.74, 6) is 1.08. The highest BCUT2D eigenvalue weighted by atomic mass is 35.5. The minimum atomic E-state index is 0.126. The fourth-order valence-corrected chi connectivity index (χ4v) is 3.01. The number of halogens is 1. The van der Waals surface area contributed by atoms with Crippen LogP contribution in [-0.4, -0.2) is 23.2 Å². The molecule has 4 nitrogen and oxygen atoms in total. The maximum Gasteiger partial charge on any atom is 0.223 e. The van der Waals surface area contributed by atoms with Crippen LogP contribution in [0.15, 0.2) is 30.3 Å². The molecule has 0 radical (unpaired) electrons. The second-order valence-corrected chi connectivity index (χ2v) is 6.21. The molecule has 0 aliphatic carbocycles. The Morgan fingerprint density at radius 3 is 2.45 bits per heavy atom. The Bertz CT molecular complexity index is 619. The Hall–Kier alpha value is -1.65. The number of hydrogen-bond acceptors (Lipinski definition) is 4. The van der Waals surface area contributed by atoms with Gasteiger partial charge in [-0.15, -0.1) is 0 Å². The van der Waals surface area contributed by atoms with E-state index >= 15 is 0 Å². The van der Waals surface area contributed by atoms with E-state index < -0.39 is 0 Å². The summed E-state index contributed by atoms with van der Waals surface area (Å²) in [5.41, 5.74) is 3.11. The zero-order valence-corrected chi connectivity index (χ0v) is 13.6. The predicted octanol–water partition coefficient (Wildman–Crippen LogP) is 3.94. The molecule has 1 aromatic heterocycles. The lowest BCUT2D eigenvalue weighted by Gasteiger charge is -2.24. The largest absolute Gasteiger partial charge is 0.381 e. The average molecular weight is 318 g/mol. The molecule has 0 bridgehead atoms. The van der Waals surface area contributed by atoms with Crippen molar-refractivity contribution in [2.24, 2.45) is 5.92 Å². The van der Waals surface area contributed by atoms with Gasteiger partial charge < -0.3 is 10.1 Å². The Labute approximate surface area is 135 Å².